The second-order valence-corrected chi connectivity index (χ2v) is 5.75. The Kier molecular flexibility index (Phi) is 5.72. The van der Waals surface area contributed by atoms with Crippen LogP contribution < -0.4 is 4.74 Å². The van der Waals surface area contributed by atoms with Crippen LogP contribution in [0.2, 0.25) is 0 Å². The summed E-state index contributed by atoms with van der Waals surface area (Å²) in [5.74, 6) is 0.0943. The molecule has 0 atom stereocenters. The van der Waals surface area contributed by atoms with Crippen molar-refractivity contribution in [3.05, 3.63) is 26.9 Å². The normalized spacial score (nSPS) is 16.1. The summed E-state index contributed by atoms with van der Waals surface area (Å²) < 4.78 is 6.02. The maximum atomic E-state index is 10.9. The van der Waals surface area contributed by atoms with Crippen molar-refractivity contribution in [1.82, 2.24) is 9.88 Å². The van der Waals surface area contributed by atoms with Crippen molar-refractivity contribution in [1.29, 1.82) is 0 Å². The van der Waals surface area contributed by atoms with Crippen LogP contribution in [0, 0.1) is 10.1 Å². The average Bonchev–Trinajstić information content (AvgIpc) is 2.45. The van der Waals surface area contributed by atoms with Crippen LogP contribution in [0.15, 0.2) is 16.7 Å². The maximum absolute atomic E-state index is 10.9. The third kappa shape index (κ3) is 4.42. The number of rotatable bonds is 6. The first kappa shape index (κ1) is 15.2. The predicted octanol–water partition coefficient (Wildman–Crippen LogP) is 3.01. The third-order valence-corrected chi connectivity index (χ3v) is 3.74. The van der Waals surface area contributed by atoms with Crippen LogP contribution in [0.25, 0.3) is 0 Å². The summed E-state index contributed by atoms with van der Waals surface area (Å²) in [7, 11) is 0. The Balaban J connectivity index is 1.80. The van der Waals surface area contributed by atoms with Crippen molar-refractivity contribution in [2.45, 2.75) is 25.7 Å². The van der Waals surface area contributed by atoms with Gasteiger partial charge in [0.05, 0.1) is 11.5 Å². The molecule has 0 unspecified atom stereocenters. The summed E-state index contributed by atoms with van der Waals surface area (Å²) in [6, 6.07) is 1.41. The Morgan fingerprint density at radius 2 is 2.15 bits per heavy atom. The molecule has 110 valence electrons. The minimum atomic E-state index is -0.474. The molecule has 1 fully saturated rings. The molecular formula is C13H18BrN3O3. The number of ether oxygens (including phenoxy) is 1. The lowest BCUT2D eigenvalue weighted by Crippen LogP contribution is -2.31. The number of hydrogen-bond acceptors (Lipinski definition) is 5. The fourth-order valence-electron chi connectivity index (χ4n) is 2.30. The van der Waals surface area contributed by atoms with Crippen LogP contribution in [0.1, 0.15) is 25.7 Å². The Morgan fingerprint density at radius 3 is 2.85 bits per heavy atom. The summed E-state index contributed by atoms with van der Waals surface area (Å²) in [5.41, 5.74) is -0.0997. The van der Waals surface area contributed by atoms with Gasteiger partial charge in [0.15, 0.2) is 0 Å². The fourth-order valence-corrected chi connectivity index (χ4v) is 2.62. The van der Waals surface area contributed by atoms with Crippen molar-refractivity contribution in [2.24, 2.45) is 0 Å². The monoisotopic (exact) mass is 343 g/mol. The largest absolute Gasteiger partial charge is 0.473 e. The summed E-state index contributed by atoms with van der Waals surface area (Å²) in [6.07, 6.45) is 6.21. The first-order valence-electron chi connectivity index (χ1n) is 6.82. The lowest BCUT2D eigenvalue weighted by atomic mass is 10.1. The number of halogens is 1. The molecule has 1 aromatic heterocycles. The quantitative estimate of drug-likeness (QED) is 0.451. The number of likely N-dealkylation sites (tertiary alicyclic amines) is 1. The number of piperidine rings is 1. The highest BCUT2D eigenvalue weighted by molar-refractivity contribution is 9.10. The van der Waals surface area contributed by atoms with Crippen molar-refractivity contribution in [2.75, 3.05) is 26.2 Å². The Morgan fingerprint density at radius 1 is 1.40 bits per heavy atom. The van der Waals surface area contributed by atoms with E-state index in [9.17, 15) is 10.1 Å². The minimum Gasteiger partial charge on any atom is -0.473 e. The van der Waals surface area contributed by atoms with Crippen LogP contribution in [-0.4, -0.2) is 41.0 Å². The van der Waals surface area contributed by atoms with Crippen LogP contribution >= 0.6 is 15.9 Å². The van der Waals surface area contributed by atoms with E-state index in [-0.39, 0.29) is 11.6 Å². The van der Waals surface area contributed by atoms with Crippen LogP contribution in [0.5, 0.6) is 5.88 Å². The molecule has 2 heterocycles. The summed E-state index contributed by atoms with van der Waals surface area (Å²) in [4.78, 5) is 16.8. The molecule has 20 heavy (non-hydrogen) atoms. The van der Waals surface area contributed by atoms with Crippen molar-refractivity contribution in [3.8, 4) is 5.88 Å². The standard InChI is InChI=1S/C13H18BrN3O3/c14-11-9-12(17(18)19)13(15-10-11)20-8-4-7-16-5-2-1-3-6-16/h9-10H,1-8H2. The van der Waals surface area contributed by atoms with Gasteiger partial charge in [-0.3, -0.25) is 10.1 Å². The van der Waals surface area contributed by atoms with E-state index in [1.807, 2.05) is 0 Å². The van der Waals surface area contributed by atoms with Gasteiger partial charge in [0.1, 0.15) is 0 Å². The highest BCUT2D eigenvalue weighted by Gasteiger charge is 2.17. The van der Waals surface area contributed by atoms with Gasteiger partial charge < -0.3 is 9.64 Å². The summed E-state index contributed by atoms with van der Waals surface area (Å²) >= 11 is 3.17. The van der Waals surface area contributed by atoms with Crippen molar-refractivity contribution in [3.63, 3.8) is 0 Å². The van der Waals surface area contributed by atoms with Crippen molar-refractivity contribution < 1.29 is 9.66 Å². The Bertz CT molecular complexity index is 464. The summed E-state index contributed by atoms with van der Waals surface area (Å²) in [6.45, 7) is 3.73. The van der Waals surface area contributed by atoms with Gasteiger partial charge in [-0.15, -0.1) is 0 Å². The van der Waals surface area contributed by atoms with Gasteiger partial charge in [-0.05, 0) is 48.3 Å². The Hall–Kier alpha value is -1.21. The second-order valence-electron chi connectivity index (χ2n) is 4.84. The first-order valence-corrected chi connectivity index (χ1v) is 7.61. The lowest BCUT2D eigenvalue weighted by molar-refractivity contribution is -0.386. The van der Waals surface area contributed by atoms with E-state index in [4.69, 9.17) is 4.74 Å². The van der Waals surface area contributed by atoms with Gasteiger partial charge in [-0.1, -0.05) is 6.42 Å². The number of nitrogens with zero attached hydrogens (tertiary/aromatic N) is 3. The van der Waals surface area contributed by atoms with E-state index in [1.165, 1.54) is 31.5 Å². The van der Waals surface area contributed by atoms with E-state index >= 15 is 0 Å². The van der Waals surface area contributed by atoms with E-state index in [1.54, 1.807) is 0 Å². The van der Waals surface area contributed by atoms with Gasteiger partial charge in [0, 0.05) is 23.3 Å². The molecule has 0 spiro atoms. The third-order valence-electron chi connectivity index (χ3n) is 3.30. The Labute approximate surface area is 126 Å². The van der Waals surface area contributed by atoms with Crippen molar-refractivity contribution >= 4 is 21.6 Å². The topological polar surface area (TPSA) is 68.5 Å². The average molecular weight is 344 g/mol. The molecule has 0 aromatic carbocycles. The molecule has 6 nitrogen and oxygen atoms in total. The van der Waals surface area contributed by atoms with E-state index in [2.05, 4.69) is 25.8 Å². The molecular weight excluding hydrogens is 326 g/mol. The van der Waals surface area contributed by atoms with E-state index in [0.717, 1.165) is 26.1 Å². The first-order chi connectivity index (χ1) is 9.66. The zero-order valence-corrected chi connectivity index (χ0v) is 12.8. The molecule has 7 heteroatoms. The minimum absolute atomic E-state index is 0.0943. The molecule has 2 rings (SSSR count). The number of nitro groups is 1. The highest BCUT2D eigenvalue weighted by Crippen LogP contribution is 2.27. The van der Waals surface area contributed by atoms with E-state index < -0.39 is 4.92 Å². The molecule has 0 saturated carbocycles. The van der Waals surface area contributed by atoms with Gasteiger partial charge >= 0.3 is 5.69 Å². The fraction of sp³-hybridized carbons (Fsp3) is 0.615. The molecule has 0 N–H and O–H groups in total. The SMILES string of the molecule is O=[N+]([O-])c1cc(Br)cnc1OCCCN1CCCCC1. The molecule has 1 aromatic rings. The van der Waals surface area contributed by atoms with Gasteiger partial charge in [0.2, 0.25) is 0 Å². The van der Waals surface area contributed by atoms with Crippen LogP contribution in [0.3, 0.4) is 0 Å². The van der Waals surface area contributed by atoms with E-state index in [0.29, 0.717) is 11.1 Å². The second kappa shape index (κ2) is 7.54. The van der Waals surface area contributed by atoms with Gasteiger partial charge in [-0.2, -0.15) is 0 Å². The van der Waals surface area contributed by atoms with Crippen LogP contribution in [-0.2, 0) is 0 Å². The lowest BCUT2D eigenvalue weighted by Gasteiger charge is -2.26. The summed E-state index contributed by atoms with van der Waals surface area (Å²) in [5, 5.41) is 10.9. The van der Waals surface area contributed by atoms with Gasteiger partial charge in [0.25, 0.3) is 5.88 Å². The molecule has 1 aliphatic rings. The molecule has 0 amide bonds. The molecule has 1 saturated heterocycles. The van der Waals surface area contributed by atoms with Gasteiger partial charge in [-0.25, -0.2) is 4.98 Å². The maximum Gasteiger partial charge on any atom is 0.332 e. The highest BCUT2D eigenvalue weighted by atomic mass is 79.9. The zero-order chi connectivity index (χ0) is 14.4. The number of pyridine rings is 1. The zero-order valence-electron chi connectivity index (χ0n) is 11.3. The van der Waals surface area contributed by atoms with Crippen LogP contribution in [0.4, 0.5) is 5.69 Å². The smallest absolute Gasteiger partial charge is 0.332 e. The number of aromatic nitrogens is 1. The number of hydrogen-bond donors (Lipinski definition) is 0. The molecule has 0 bridgehead atoms. The predicted molar refractivity (Wildman–Crippen MR) is 79.0 cm³/mol. The molecule has 0 radical (unpaired) electrons. The molecule has 0 aliphatic carbocycles. The molecule has 1 aliphatic heterocycles.